The highest BCUT2D eigenvalue weighted by Crippen LogP contribution is 2.01. The molecule has 0 spiro atoms. The quantitative estimate of drug-likeness (QED) is 0.601. The molecule has 0 saturated heterocycles. The van der Waals surface area contributed by atoms with Crippen molar-refractivity contribution >= 4 is 0 Å². The number of aromatic nitrogens is 1. The first-order valence-electron chi connectivity index (χ1n) is 3.37. The van der Waals surface area contributed by atoms with Crippen LogP contribution in [0.4, 0.5) is 0 Å². The van der Waals surface area contributed by atoms with Gasteiger partial charge in [0, 0.05) is 25.4 Å². The fourth-order valence-corrected chi connectivity index (χ4v) is 0.621. The molecule has 0 saturated carbocycles. The third kappa shape index (κ3) is 3.00. The van der Waals surface area contributed by atoms with E-state index in [1.165, 1.54) is 0 Å². The first kappa shape index (κ1) is 8.01. The summed E-state index contributed by atoms with van der Waals surface area (Å²) in [6, 6.07) is 6.32. The molecule has 3 heteroatoms. The van der Waals surface area contributed by atoms with Crippen molar-refractivity contribution in [1.82, 2.24) is 4.98 Å². The lowest BCUT2D eigenvalue weighted by atomic mass is 10.5. The van der Waals surface area contributed by atoms with Gasteiger partial charge in [-0.05, 0) is 6.07 Å². The monoisotopic (exact) mass is 152 g/mol. The Balaban J connectivity index is 2.28. The molecule has 0 aromatic carbocycles. The highest BCUT2D eigenvalue weighted by atomic mass is 16.5. The highest BCUT2D eigenvalue weighted by Gasteiger charge is 1.90. The first-order chi connectivity index (χ1) is 5.43. The van der Waals surface area contributed by atoms with Crippen LogP contribution in [0.25, 0.3) is 0 Å². The van der Waals surface area contributed by atoms with Gasteiger partial charge in [-0.25, -0.2) is 4.98 Å². The maximum Gasteiger partial charge on any atom is 0.213 e. The number of hydrogen-bond donors (Lipinski definition) is 0. The summed E-state index contributed by atoms with van der Waals surface area (Å²) in [5.41, 5.74) is 0. The van der Waals surface area contributed by atoms with Crippen LogP contribution in [0.15, 0.2) is 18.3 Å². The van der Waals surface area contributed by atoms with Crippen LogP contribution in [-0.4, -0.2) is 25.3 Å². The molecule has 0 aliphatic rings. The van der Waals surface area contributed by atoms with Gasteiger partial charge in [0.2, 0.25) is 5.88 Å². The van der Waals surface area contributed by atoms with Crippen molar-refractivity contribution in [2.24, 2.45) is 0 Å². The number of methoxy groups -OCH3 is 1. The van der Waals surface area contributed by atoms with Crippen LogP contribution in [0, 0.1) is 6.07 Å². The summed E-state index contributed by atoms with van der Waals surface area (Å²) in [4.78, 5) is 3.92. The fourth-order valence-electron chi connectivity index (χ4n) is 0.621. The second kappa shape index (κ2) is 4.68. The van der Waals surface area contributed by atoms with Gasteiger partial charge in [-0.3, -0.25) is 0 Å². The molecular weight excluding hydrogens is 142 g/mol. The topological polar surface area (TPSA) is 31.4 Å². The Morgan fingerprint density at radius 1 is 1.55 bits per heavy atom. The average Bonchev–Trinajstić information content (AvgIpc) is 2.07. The maximum atomic E-state index is 5.19. The first-order valence-corrected chi connectivity index (χ1v) is 3.37. The lowest BCUT2D eigenvalue weighted by molar-refractivity contribution is 0.144. The zero-order chi connectivity index (χ0) is 7.94. The van der Waals surface area contributed by atoms with Crippen LogP contribution < -0.4 is 4.74 Å². The fraction of sp³-hybridized carbons (Fsp3) is 0.375. The Morgan fingerprint density at radius 2 is 2.45 bits per heavy atom. The third-order valence-electron chi connectivity index (χ3n) is 1.13. The number of rotatable bonds is 4. The molecular formula is C8H10NO2. The summed E-state index contributed by atoms with van der Waals surface area (Å²) in [7, 11) is 1.63. The zero-order valence-electron chi connectivity index (χ0n) is 6.41. The van der Waals surface area contributed by atoms with E-state index in [-0.39, 0.29) is 0 Å². The van der Waals surface area contributed by atoms with Gasteiger partial charge >= 0.3 is 0 Å². The van der Waals surface area contributed by atoms with Crippen molar-refractivity contribution in [2.45, 2.75) is 0 Å². The number of nitrogens with zero attached hydrogens (tertiary/aromatic N) is 1. The summed E-state index contributed by atoms with van der Waals surface area (Å²) in [6.45, 7) is 1.12. The second-order valence-electron chi connectivity index (χ2n) is 1.94. The van der Waals surface area contributed by atoms with Crippen molar-refractivity contribution < 1.29 is 9.47 Å². The lowest BCUT2D eigenvalue weighted by Crippen LogP contribution is -2.04. The summed E-state index contributed by atoms with van der Waals surface area (Å²) < 4.78 is 9.99. The van der Waals surface area contributed by atoms with Crippen LogP contribution in [0.3, 0.4) is 0 Å². The van der Waals surface area contributed by atoms with Crippen molar-refractivity contribution in [2.75, 3.05) is 20.3 Å². The molecule has 1 radical (unpaired) electrons. The smallest absolute Gasteiger partial charge is 0.213 e. The van der Waals surface area contributed by atoms with Crippen LogP contribution >= 0.6 is 0 Å². The molecule has 0 aliphatic heterocycles. The van der Waals surface area contributed by atoms with Crippen LogP contribution in [0.1, 0.15) is 0 Å². The van der Waals surface area contributed by atoms with Crippen molar-refractivity contribution in [3.63, 3.8) is 0 Å². The molecule has 0 atom stereocenters. The molecule has 1 aromatic heterocycles. The second-order valence-corrected chi connectivity index (χ2v) is 1.94. The van der Waals surface area contributed by atoms with Crippen molar-refractivity contribution in [1.29, 1.82) is 0 Å². The maximum absolute atomic E-state index is 5.19. The van der Waals surface area contributed by atoms with Gasteiger partial charge in [-0.15, -0.1) is 0 Å². The van der Waals surface area contributed by atoms with Gasteiger partial charge in [0.1, 0.15) is 6.61 Å². The Labute approximate surface area is 66.0 Å². The Kier molecular flexibility index (Phi) is 3.41. The minimum absolute atomic E-state index is 0.535. The molecule has 3 nitrogen and oxygen atoms in total. The van der Waals surface area contributed by atoms with E-state index in [4.69, 9.17) is 9.47 Å². The van der Waals surface area contributed by atoms with Crippen LogP contribution in [0.2, 0.25) is 0 Å². The van der Waals surface area contributed by atoms with Gasteiger partial charge in [-0.1, -0.05) is 0 Å². The Hall–Kier alpha value is -1.09. The summed E-state index contributed by atoms with van der Waals surface area (Å²) in [5.74, 6) is 0.612. The van der Waals surface area contributed by atoms with Crippen LogP contribution in [0.5, 0.6) is 5.88 Å². The molecule has 0 N–H and O–H groups in total. The molecule has 0 unspecified atom stereocenters. The number of hydrogen-bond acceptors (Lipinski definition) is 3. The zero-order valence-corrected chi connectivity index (χ0v) is 6.41. The van der Waals surface area contributed by atoms with E-state index in [2.05, 4.69) is 11.1 Å². The SMILES string of the molecule is COCCOc1cc[c]cn1. The van der Waals surface area contributed by atoms with Gasteiger partial charge < -0.3 is 9.47 Å². The standard InChI is InChI=1S/C8H10NO2/c1-10-6-7-11-8-4-2-3-5-9-8/h2,4-5H,6-7H2,1H3. The molecule has 0 amide bonds. The molecule has 0 bridgehead atoms. The number of pyridine rings is 1. The lowest BCUT2D eigenvalue weighted by Gasteiger charge is -2.02. The molecule has 0 aliphatic carbocycles. The highest BCUT2D eigenvalue weighted by molar-refractivity contribution is 5.08. The minimum atomic E-state index is 0.535. The van der Waals surface area contributed by atoms with E-state index < -0.39 is 0 Å². The van der Waals surface area contributed by atoms with Gasteiger partial charge in [0.25, 0.3) is 0 Å². The summed E-state index contributed by atoms with van der Waals surface area (Å²) in [5, 5.41) is 0. The summed E-state index contributed by atoms with van der Waals surface area (Å²) >= 11 is 0. The predicted octanol–water partition coefficient (Wildman–Crippen LogP) is 0.907. The van der Waals surface area contributed by atoms with Gasteiger partial charge in [0.15, 0.2) is 0 Å². The summed E-state index contributed by atoms with van der Waals surface area (Å²) in [6.07, 6.45) is 1.57. The van der Waals surface area contributed by atoms with Crippen molar-refractivity contribution in [3.05, 3.63) is 24.4 Å². The molecule has 59 valence electrons. The van der Waals surface area contributed by atoms with Crippen LogP contribution in [-0.2, 0) is 4.74 Å². The van der Waals surface area contributed by atoms with E-state index in [1.54, 1.807) is 25.4 Å². The molecule has 0 fully saturated rings. The van der Waals surface area contributed by atoms with Crippen molar-refractivity contribution in [3.8, 4) is 5.88 Å². The van der Waals surface area contributed by atoms with Gasteiger partial charge in [0.05, 0.1) is 6.61 Å². The Morgan fingerprint density at radius 3 is 3.09 bits per heavy atom. The normalized spacial score (nSPS) is 9.55. The third-order valence-corrected chi connectivity index (χ3v) is 1.13. The van der Waals surface area contributed by atoms with E-state index in [1.807, 2.05) is 0 Å². The number of ether oxygens (including phenoxy) is 2. The van der Waals surface area contributed by atoms with Gasteiger partial charge in [-0.2, -0.15) is 0 Å². The average molecular weight is 152 g/mol. The molecule has 1 rings (SSSR count). The minimum Gasteiger partial charge on any atom is -0.475 e. The van der Waals surface area contributed by atoms with E-state index in [0.717, 1.165) is 0 Å². The molecule has 1 aromatic rings. The largest absolute Gasteiger partial charge is 0.475 e. The van der Waals surface area contributed by atoms with E-state index in [0.29, 0.717) is 19.1 Å². The predicted molar refractivity (Wildman–Crippen MR) is 40.4 cm³/mol. The molecule has 1 heterocycles. The Bertz CT molecular complexity index is 189. The van der Waals surface area contributed by atoms with E-state index >= 15 is 0 Å². The van der Waals surface area contributed by atoms with E-state index in [9.17, 15) is 0 Å². The molecule has 11 heavy (non-hydrogen) atoms.